The summed E-state index contributed by atoms with van der Waals surface area (Å²) in [6, 6.07) is 7.99. The van der Waals surface area contributed by atoms with Crippen LogP contribution in [0.2, 0.25) is 0 Å². The van der Waals surface area contributed by atoms with E-state index in [1.165, 1.54) is 23.5 Å². The summed E-state index contributed by atoms with van der Waals surface area (Å²) in [6.45, 7) is 4.28. The number of aromatic nitrogens is 2. The van der Waals surface area contributed by atoms with Crippen molar-refractivity contribution in [2.75, 3.05) is 6.54 Å². The fourth-order valence-corrected chi connectivity index (χ4v) is 4.09. The third-order valence-corrected chi connectivity index (χ3v) is 5.56. The standard InChI is InChI=1S/C20H23FN4OS/c1-12-11-23-25(3)19(12)17-9-18(27-13(17)2)20(26)24-16(10-22)8-14-5-4-6-15(21)7-14/h4-7,9,11,16H,8,10,22H2,1-3H3,(H,24,26). The van der Waals surface area contributed by atoms with Crippen LogP contribution in [0.25, 0.3) is 11.3 Å². The second-order valence-electron chi connectivity index (χ2n) is 6.62. The number of carbonyl (C=O) groups excluding carboxylic acids is 1. The van der Waals surface area contributed by atoms with Crippen LogP contribution < -0.4 is 11.1 Å². The van der Waals surface area contributed by atoms with Gasteiger partial charge in [0.05, 0.1) is 16.8 Å². The molecule has 0 saturated heterocycles. The Balaban J connectivity index is 1.76. The molecule has 3 aromatic rings. The van der Waals surface area contributed by atoms with Crippen molar-refractivity contribution < 1.29 is 9.18 Å². The molecule has 0 radical (unpaired) electrons. The highest BCUT2D eigenvalue weighted by atomic mass is 32.1. The number of benzene rings is 1. The average molecular weight is 386 g/mol. The van der Waals surface area contributed by atoms with Gasteiger partial charge in [0.1, 0.15) is 5.82 Å². The van der Waals surface area contributed by atoms with Crippen molar-refractivity contribution in [2.45, 2.75) is 26.3 Å². The quantitative estimate of drug-likeness (QED) is 0.683. The molecule has 0 fully saturated rings. The van der Waals surface area contributed by atoms with E-state index >= 15 is 0 Å². The molecule has 0 bridgehead atoms. The first-order valence-corrected chi connectivity index (χ1v) is 9.55. The Hall–Kier alpha value is -2.51. The SMILES string of the molecule is Cc1cnn(C)c1-c1cc(C(=O)NC(CN)Cc2cccc(F)c2)sc1C. The van der Waals surface area contributed by atoms with Crippen molar-refractivity contribution in [2.24, 2.45) is 12.8 Å². The van der Waals surface area contributed by atoms with Gasteiger partial charge in [0.25, 0.3) is 5.91 Å². The molecule has 1 amide bonds. The third kappa shape index (κ3) is 4.26. The monoisotopic (exact) mass is 386 g/mol. The summed E-state index contributed by atoms with van der Waals surface area (Å²) in [5.74, 6) is -0.458. The molecule has 0 aliphatic heterocycles. The first-order chi connectivity index (χ1) is 12.9. The number of rotatable bonds is 6. The second-order valence-corrected chi connectivity index (χ2v) is 7.88. The average Bonchev–Trinajstić information content (AvgIpc) is 3.16. The second kappa shape index (κ2) is 8.02. The smallest absolute Gasteiger partial charge is 0.261 e. The largest absolute Gasteiger partial charge is 0.347 e. The minimum absolute atomic E-state index is 0.166. The Bertz CT molecular complexity index is 943. The summed E-state index contributed by atoms with van der Waals surface area (Å²) < 4.78 is 15.2. The lowest BCUT2D eigenvalue weighted by Gasteiger charge is -2.16. The van der Waals surface area contributed by atoms with E-state index < -0.39 is 0 Å². The van der Waals surface area contributed by atoms with Gasteiger partial charge in [-0.05, 0) is 49.6 Å². The van der Waals surface area contributed by atoms with Crippen molar-refractivity contribution in [3.63, 3.8) is 0 Å². The predicted octanol–water partition coefficient (Wildman–Crippen LogP) is 3.20. The number of halogens is 1. The number of thiophene rings is 1. The summed E-state index contributed by atoms with van der Waals surface area (Å²) in [7, 11) is 1.89. The number of aryl methyl sites for hydroxylation is 3. The molecule has 0 spiro atoms. The van der Waals surface area contributed by atoms with Gasteiger partial charge in [0, 0.05) is 30.1 Å². The molecule has 27 heavy (non-hydrogen) atoms. The van der Waals surface area contributed by atoms with Crippen molar-refractivity contribution in [3.05, 3.63) is 63.2 Å². The zero-order valence-corrected chi connectivity index (χ0v) is 16.4. The molecule has 1 aromatic carbocycles. The highest BCUT2D eigenvalue weighted by molar-refractivity contribution is 7.14. The van der Waals surface area contributed by atoms with Crippen LogP contribution in [0.5, 0.6) is 0 Å². The molecule has 5 nitrogen and oxygen atoms in total. The summed E-state index contributed by atoms with van der Waals surface area (Å²) in [4.78, 5) is 14.4. The van der Waals surface area contributed by atoms with Gasteiger partial charge in [-0.3, -0.25) is 9.48 Å². The van der Waals surface area contributed by atoms with E-state index in [4.69, 9.17) is 5.73 Å². The van der Waals surface area contributed by atoms with Gasteiger partial charge in [0.2, 0.25) is 0 Å². The molecular formula is C20H23FN4OS. The Kier molecular flexibility index (Phi) is 5.72. The minimum atomic E-state index is -0.292. The first kappa shape index (κ1) is 19.3. The molecule has 1 atom stereocenters. The summed E-state index contributed by atoms with van der Waals surface area (Å²) in [5, 5.41) is 7.24. The van der Waals surface area contributed by atoms with E-state index in [-0.39, 0.29) is 24.3 Å². The normalized spacial score (nSPS) is 12.2. The first-order valence-electron chi connectivity index (χ1n) is 8.73. The molecule has 3 N–H and O–H groups in total. The van der Waals surface area contributed by atoms with Crippen molar-refractivity contribution >= 4 is 17.2 Å². The summed E-state index contributed by atoms with van der Waals surface area (Å²) in [6.07, 6.45) is 2.30. The van der Waals surface area contributed by atoms with E-state index in [1.807, 2.05) is 43.9 Å². The maximum atomic E-state index is 13.4. The van der Waals surface area contributed by atoms with Gasteiger partial charge < -0.3 is 11.1 Å². The molecule has 0 aliphatic rings. The lowest BCUT2D eigenvalue weighted by atomic mass is 10.1. The fourth-order valence-electron chi connectivity index (χ4n) is 3.16. The summed E-state index contributed by atoms with van der Waals surface area (Å²) in [5.41, 5.74) is 9.71. The highest BCUT2D eigenvalue weighted by Gasteiger charge is 2.19. The number of nitrogens with one attached hydrogen (secondary N) is 1. The minimum Gasteiger partial charge on any atom is -0.347 e. The molecular weight excluding hydrogens is 363 g/mol. The maximum Gasteiger partial charge on any atom is 0.261 e. The molecule has 7 heteroatoms. The Labute approximate surface area is 162 Å². The van der Waals surface area contributed by atoms with E-state index in [2.05, 4.69) is 10.4 Å². The van der Waals surface area contributed by atoms with Crippen LogP contribution in [0.3, 0.4) is 0 Å². The van der Waals surface area contributed by atoms with Gasteiger partial charge >= 0.3 is 0 Å². The van der Waals surface area contributed by atoms with Crippen LogP contribution in [0.4, 0.5) is 4.39 Å². The number of hydrogen-bond acceptors (Lipinski definition) is 4. The highest BCUT2D eigenvalue weighted by Crippen LogP contribution is 2.32. The van der Waals surface area contributed by atoms with E-state index in [0.717, 1.165) is 27.3 Å². The number of carbonyl (C=O) groups is 1. The van der Waals surface area contributed by atoms with E-state index in [1.54, 1.807) is 6.07 Å². The van der Waals surface area contributed by atoms with Crippen LogP contribution in [-0.4, -0.2) is 28.3 Å². The number of nitrogens with zero attached hydrogens (tertiary/aromatic N) is 2. The van der Waals surface area contributed by atoms with Crippen LogP contribution in [0.15, 0.2) is 36.5 Å². The van der Waals surface area contributed by atoms with Crippen LogP contribution in [0.1, 0.15) is 25.7 Å². The molecule has 0 saturated carbocycles. The molecule has 142 valence electrons. The lowest BCUT2D eigenvalue weighted by molar-refractivity contribution is 0.0942. The maximum absolute atomic E-state index is 13.4. The van der Waals surface area contributed by atoms with Crippen LogP contribution in [0, 0.1) is 19.7 Å². The van der Waals surface area contributed by atoms with Crippen molar-refractivity contribution in [3.8, 4) is 11.3 Å². The van der Waals surface area contributed by atoms with E-state index in [0.29, 0.717) is 11.3 Å². The molecule has 2 heterocycles. The van der Waals surface area contributed by atoms with Gasteiger partial charge in [-0.2, -0.15) is 5.10 Å². The molecule has 3 rings (SSSR count). The molecule has 2 aromatic heterocycles. The van der Waals surface area contributed by atoms with Crippen molar-refractivity contribution in [1.29, 1.82) is 0 Å². The molecule has 1 unspecified atom stereocenters. The Morgan fingerprint density at radius 1 is 1.37 bits per heavy atom. The van der Waals surface area contributed by atoms with Gasteiger partial charge in [-0.15, -0.1) is 11.3 Å². The van der Waals surface area contributed by atoms with Crippen LogP contribution in [-0.2, 0) is 13.5 Å². The number of nitrogens with two attached hydrogens (primary N) is 1. The van der Waals surface area contributed by atoms with Crippen LogP contribution >= 0.6 is 11.3 Å². The van der Waals surface area contributed by atoms with Gasteiger partial charge in [0.15, 0.2) is 0 Å². The Morgan fingerprint density at radius 3 is 2.78 bits per heavy atom. The fraction of sp³-hybridized carbons (Fsp3) is 0.300. The molecule has 0 aliphatic carbocycles. The van der Waals surface area contributed by atoms with Gasteiger partial charge in [-0.25, -0.2) is 4.39 Å². The predicted molar refractivity (Wildman–Crippen MR) is 106 cm³/mol. The zero-order valence-electron chi connectivity index (χ0n) is 15.6. The third-order valence-electron chi connectivity index (χ3n) is 4.51. The number of amides is 1. The zero-order chi connectivity index (χ0) is 19.6. The Morgan fingerprint density at radius 2 is 2.15 bits per heavy atom. The lowest BCUT2D eigenvalue weighted by Crippen LogP contribution is -2.41. The van der Waals surface area contributed by atoms with Crippen molar-refractivity contribution in [1.82, 2.24) is 15.1 Å². The number of hydrogen-bond donors (Lipinski definition) is 2. The summed E-state index contributed by atoms with van der Waals surface area (Å²) >= 11 is 1.45. The topological polar surface area (TPSA) is 72.9 Å². The van der Waals surface area contributed by atoms with Gasteiger partial charge in [-0.1, -0.05) is 12.1 Å². The van der Waals surface area contributed by atoms with E-state index in [9.17, 15) is 9.18 Å².